The van der Waals surface area contributed by atoms with Crippen LogP contribution < -0.4 is 0 Å². The maximum absolute atomic E-state index is 11.1. The number of aliphatic hydroxyl groups is 15. The predicted molar refractivity (Wildman–Crippen MR) is 151 cm³/mol. The average Bonchev–Trinajstić information content (AvgIpc) is 3.68. The van der Waals surface area contributed by atoms with Crippen LogP contribution in [0.2, 0.25) is 0 Å². The maximum atomic E-state index is 11.1. The summed E-state index contributed by atoms with van der Waals surface area (Å²) < 4.78 is 43.8. The molecule has 4 aliphatic rings. The first kappa shape index (κ1) is 41.8. The van der Waals surface area contributed by atoms with E-state index in [4.69, 9.17) is 37.9 Å². The molecule has 0 radical (unpaired) electrons. The zero-order chi connectivity index (χ0) is 37.0. The molecule has 4 fully saturated rings. The summed E-state index contributed by atoms with van der Waals surface area (Å²) in [5.74, 6) is 0. The van der Waals surface area contributed by atoms with Gasteiger partial charge in [0.05, 0.1) is 39.6 Å². The van der Waals surface area contributed by atoms with Gasteiger partial charge in [-0.1, -0.05) is 0 Å². The molecular weight excluding hydrogens is 692 g/mol. The summed E-state index contributed by atoms with van der Waals surface area (Å²) in [4.78, 5) is 0. The van der Waals surface area contributed by atoms with Gasteiger partial charge in [-0.05, 0) is 0 Å². The second-order valence-corrected chi connectivity index (χ2v) is 12.3. The molecule has 15 N–H and O–H groups in total. The molecule has 23 nitrogen and oxygen atoms in total. The minimum atomic E-state index is -2.07. The molecule has 50 heavy (non-hydrogen) atoms. The summed E-state index contributed by atoms with van der Waals surface area (Å²) in [6.07, 6.45) is -35.8. The molecule has 4 rings (SSSR count). The fourth-order valence-electron chi connectivity index (χ4n) is 5.89. The SMILES string of the molecule is OC[C@@H]1OC(OC[C@@H]2OC(O[C@H]3C(O[C@H]4[C@@H](O)[C@@H](CO)OC(O[C@H]([C@@H](O)[C@@H](O)CO)[C@@H](O)CO)[C@@H]4O)O[C@@H](CO)[C@@H]3O)[C@H](O)[C@H]2O)[C@H](O)[C@H]1O. The lowest BCUT2D eigenvalue weighted by Crippen LogP contribution is -2.63. The summed E-state index contributed by atoms with van der Waals surface area (Å²) in [5, 5.41) is 152. The van der Waals surface area contributed by atoms with E-state index in [1.165, 1.54) is 0 Å². The normalized spacial score (nSPS) is 46.3. The standard InChI is InChI=1S/C27H48O23/c28-1-7(33)13(35)21(8(34)2-29)48-26-20(42)22(16(38)10(4-31)45-26)49-27-23(17(39)11(5-32)46-27)50-25-19(41)15(37)12(47-25)6-43-24-18(40)14(36)9(3-30)44-24/h7-42H,1-6H2/t7-,8-,9-,10+,11-,12-,13-,14-,15-,16-,17-,18+,19+,20+,21-,22-,23+,24?,25?,26?,27?/m0/s1. The first-order valence-corrected chi connectivity index (χ1v) is 15.8. The van der Waals surface area contributed by atoms with E-state index in [0.717, 1.165) is 0 Å². The molecule has 23 heteroatoms. The summed E-state index contributed by atoms with van der Waals surface area (Å²) in [6, 6.07) is 0. The van der Waals surface area contributed by atoms with Gasteiger partial charge in [0.25, 0.3) is 0 Å². The van der Waals surface area contributed by atoms with Crippen molar-refractivity contribution in [3.05, 3.63) is 0 Å². The van der Waals surface area contributed by atoms with Crippen molar-refractivity contribution in [1.29, 1.82) is 0 Å². The van der Waals surface area contributed by atoms with Gasteiger partial charge in [-0.15, -0.1) is 0 Å². The maximum Gasteiger partial charge on any atom is 0.187 e. The Labute approximate surface area is 283 Å². The van der Waals surface area contributed by atoms with Crippen molar-refractivity contribution in [1.82, 2.24) is 0 Å². The predicted octanol–water partition coefficient (Wildman–Crippen LogP) is -10.4. The second-order valence-electron chi connectivity index (χ2n) is 12.3. The van der Waals surface area contributed by atoms with Crippen molar-refractivity contribution in [3.8, 4) is 0 Å². The third kappa shape index (κ3) is 8.88. The minimum Gasteiger partial charge on any atom is -0.394 e. The van der Waals surface area contributed by atoms with Gasteiger partial charge < -0.3 is 114 Å². The van der Waals surface area contributed by atoms with Gasteiger partial charge in [0.2, 0.25) is 0 Å². The van der Waals surface area contributed by atoms with Crippen LogP contribution in [0.5, 0.6) is 0 Å². The average molecular weight is 741 g/mol. The van der Waals surface area contributed by atoms with Crippen molar-refractivity contribution >= 4 is 0 Å². The van der Waals surface area contributed by atoms with Crippen molar-refractivity contribution in [2.75, 3.05) is 39.6 Å². The van der Waals surface area contributed by atoms with Crippen LogP contribution in [0.1, 0.15) is 0 Å². The molecule has 21 atom stereocenters. The van der Waals surface area contributed by atoms with Gasteiger partial charge in [-0.25, -0.2) is 0 Å². The van der Waals surface area contributed by atoms with Gasteiger partial charge in [-0.3, -0.25) is 0 Å². The zero-order valence-corrected chi connectivity index (χ0v) is 26.3. The van der Waals surface area contributed by atoms with E-state index in [1.807, 2.05) is 0 Å². The van der Waals surface area contributed by atoms with E-state index in [0.29, 0.717) is 0 Å². The van der Waals surface area contributed by atoms with E-state index in [2.05, 4.69) is 0 Å². The number of rotatable bonds is 17. The topological polar surface area (TPSA) is 377 Å². The summed E-state index contributed by atoms with van der Waals surface area (Å²) in [6.45, 7) is -4.90. The number of ether oxygens (including phenoxy) is 8. The highest BCUT2D eigenvalue weighted by atomic mass is 16.8. The van der Waals surface area contributed by atoms with Crippen LogP contribution in [0.4, 0.5) is 0 Å². The molecule has 0 aromatic carbocycles. The van der Waals surface area contributed by atoms with Crippen LogP contribution >= 0.6 is 0 Å². The Morgan fingerprint density at radius 1 is 0.460 bits per heavy atom. The van der Waals surface area contributed by atoms with Gasteiger partial charge in [0.15, 0.2) is 25.2 Å². The van der Waals surface area contributed by atoms with Crippen molar-refractivity contribution in [2.45, 2.75) is 129 Å². The van der Waals surface area contributed by atoms with E-state index in [1.54, 1.807) is 0 Å². The highest BCUT2D eigenvalue weighted by molar-refractivity contribution is 4.97. The molecular formula is C27H48O23. The van der Waals surface area contributed by atoms with Crippen LogP contribution in [-0.4, -0.2) is 245 Å². The fraction of sp³-hybridized carbons (Fsp3) is 1.00. The summed E-state index contributed by atoms with van der Waals surface area (Å²) in [5.41, 5.74) is 0. The minimum absolute atomic E-state index is 0.534. The molecule has 0 bridgehead atoms. The number of hydrogen-bond donors (Lipinski definition) is 15. The van der Waals surface area contributed by atoms with Crippen LogP contribution in [0.3, 0.4) is 0 Å². The van der Waals surface area contributed by atoms with Gasteiger partial charge >= 0.3 is 0 Å². The van der Waals surface area contributed by atoms with Gasteiger partial charge in [0, 0.05) is 0 Å². The highest BCUT2D eigenvalue weighted by Crippen LogP contribution is 2.35. The fourth-order valence-corrected chi connectivity index (χ4v) is 5.89. The zero-order valence-electron chi connectivity index (χ0n) is 26.3. The molecule has 0 amide bonds. The smallest absolute Gasteiger partial charge is 0.187 e. The van der Waals surface area contributed by atoms with Gasteiger partial charge in [-0.2, -0.15) is 0 Å². The third-order valence-electron chi connectivity index (χ3n) is 8.90. The van der Waals surface area contributed by atoms with Crippen LogP contribution in [0, 0.1) is 0 Å². The Hall–Kier alpha value is -0.920. The van der Waals surface area contributed by atoms with Crippen LogP contribution in [0.15, 0.2) is 0 Å². The third-order valence-corrected chi connectivity index (χ3v) is 8.90. The van der Waals surface area contributed by atoms with Crippen LogP contribution in [0.25, 0.3) is 0 Å². The molecule has 0 aromatic heterocycles. The molecule has 4 aliphatic heterocycles. The first-order chi connectivity index (χ1) is 23.7. The largest absolute Gasteiger partial charge is 0.394 e. The Bertz CT molecular complexity index is 1010. The first-order valence-electron chi connectivity index (χ1n) is 15.8. The Balaban J connectivity index is 1.46. The molecule has 0 spiro atoms. The molecule has 0 aromatic rings. The molecule has 4 unspecified atom stereocenters. The monoisotopic (exact) mass is 740 g/mol. The summed E-state index contributed by atoms with van der Waals surface area (Å²) >= 11 is 0. The van der Waals surface area contributed by atoms with E-state index in [9.17, 15) is 76.6 Å². The lowest BCUT2D eigenvalue weighted by molar-refractivity contribution is -0.351. The Morgan fingerprint density at radius 3 is 1.48 bits per heavy atom. The summed E-state index contributed by atoms with van der Waals surface area (Å²) in [7, 11) is 0. The Morgan fingerprint density at radius 2 is 0.920 bits per heavy atom. The second kappa shape index (κ2) is 18.4. The molecule has 4 heterocycles. The van der Waals surface area contributed by atoms with Crippen molar-refractivity contribution in [3.63, 3.8) is 0 Å². The quantitative estimate of drug-likeness (QED) is 0.0658. The van der Waals surface area contributed by atoms with E-state index < -0.39 is 169 Å². The van der Waals surface area contributed by atoms with E-state index >= 15 is 0 Å². The number of aliphatic hydroxyl groups excluding tert-OH is 15. The molecule has 4 saturated heterocycles. The number of hydrogen-bond acceptors (Lipinski definition) is 23. The van der Waals surface area contributed by atoms with Crippen molar-refractivity contribution in [2.24, 2.45) is 0 Å². The molecule has 294 valence electrons. The van der Waals surface area contributed by atoms with Crippen LogP contribution in [-0.2, 0) is 37.9 Å². The highest BCUT2D eigenvalue weighted by Gasteiger charge is 2.55. The molecule has 0 aliphatic carbocycles. The Kier molecular flexibility index (Phi) is 15.4. The molecule has 0 saturated carbocycles. The van der Waals surface area contributed by atoms with E-state index in [-0.39, 0.29) is 0 Å². The lowest BCUT2D eigenvalue weighted by atomic mass is 9.98. The van der Waals surface area contributed by atoms with Gasteiger partial charge in [0.1, 0.15) is 104 Å². The lowest BCUT2D eigenvalue weighted by Gasteiger charge is -2.44. The van der Waals surface area contributed by atoms with Crippen molar-refractivity contribution < 1.29 is 114 Å².